The number of aromatic nitrogens is 5. The number of rotatable bonds is 7. The molecule has 3 heterocycles. The average Bonchev–Trinajstić information content (AvgIpc) is 2.97. The number of hydrogen-bond acceptors (Lipinski definition) is 9. The van der Waals surface area contributed by atoms with Crippen LogP contribution in [-0.4, -0.2) is 39.4 Å². The zero-order chi connectivity index (χ0) is 26.8. The smallest absolute Gasteiger partial charge is 0.230 e. The molecule has 1 N–H and O–H groups in total. The molecular formula is C30H24N6O3. The molecule has 0 fully saturated rings. The molecule has 0 aliphatic rings. The minimum absolute atomic E-state index is 0.416. The number of nitrogens with one attached hydrogen (secondary N) is 1. The van der Waals surface area contributed by atoms with Crippen molar-refractivity contribution in [2.24, 2.45) is 0 Å². The predicted octanol–water partition coefficient (Wildman–Crippen LogP) is 6.50. The first kappa shape index (κ1) is 24.1. The van der Waals surface area contributed by atoms with Gasteiger partial charge in [0.25, 0.3) is 0 Å². The van der Waals surface area contributed by atoms with Crippen LogP contribution < -0.4 is 19.5 Å². The van der Waals surface area contributed by atoms with Gasteiger partial charge in [-0.2, -0.15) is 0 Å². The van der Waals surface area contributed by atoms with E-state index in [1.165, 1.54) is 6.33 Å². The molecule has 6 rings (SSSR count). The zero-order valence-electron chi connectivity index (χ0n) is 21.5. The Morgan fingerprint density at radius 2 is 1.49 bits per heavy atom. The number of anilines is 2. The number of aryl methyl sites for hydroxylation is 1. The van der Waals surface area contributed by atoms with Crippen LogP contribution in [-0.2, 0) is 0 Å². The van der Waals surface area contributed by atoms with E-state index in [2.05, 4.69) is 30.5 Å². The molecule has 0 aliphatic heterocycles. The third-order valence-electron chi connectivity index (χ3n) is 6.28. The predicted molar refractivity (Wildman–Crippen MR) is 150 cm³/mol. The fourth-order valence-corrected chi connectivity index (χ4v) is 4.35. The maximum absolute atomic E-state index is 6.10. The number of methoxy groups -OCH3 is 2. The highest BCUT2D eigenvalue weighted by molar-refractivity contribution is 6.00. The minimum Gasteiger partial charge on any atom is -0.493 e. The fraction of sp³-hybridized carbons (Fsp3) is 0.100. The summed E-state index contributed by atoms with van der Waals surface area (Å²) in [6.07, 6.45) is 3.24. The van der Waals surface area contributed by atoms with E-state index in [4.69, 9.17) is 14.2 Å². The maximum Gasteiger partial charge on any atom is 0.230 e. The number of ether oxygens (including phenoxy) is 3. The lowest BCUT2D eigenvalue weighted by Gasteiger charge is -2.13. The Hall–Kier alpha value is -5.31. The summed E-state index contributed by atoms with van der Waals surface area (Å²) in [4.78, 5) is 13.2. The zero-order valence-corrected chi connectivity index (χ0v) is 21.5. The Balaban J connectivity index is 1.27. The highest BCUT2D eigenvalue weighted by Gasteiger charge is 2.14. The monoisotopic (exact) mass is 516 g/mol. The van der Waals surface area contributed by atoms with Gasteiger partial charge in [0.1, 0.15) is 17.8 Å². The molecule has 0 saturated heterocycles. The second-order valence-corrected chi connectivity index (χ2v) is 8.82. The van der Waals surface area contributed by atoms with Crippen LogP contribution in [0, 0.1) is 6.92 Å². The summed E-state index contributed by atoms with van der Waals surface area (Å²) < 4.78 is 16.9. The lowest BCUT2D eigenvalue weighted by atomic mass is 10.1. The molecule has 0 saturated carbocycles. The van der Waals surface area contributed by atoms with Crippen molar-refractivity contribution >= 4 is 33.2 Å². The van der Waals surface area contributed by atoms with Crippen LogP contribution in [0.2, 0.25) is 0 Å². The third kappa shape index (κ3) is 4.73. The van der Waals surface area contributed by atoms with Gasteiger partial charge < -0.3 is 19.5 Å². The second kappa shape index (κ2) is 10.2. The minimum atomic E-state index is 0.416. The van der Waals surface area contributed by atoms with Crippen molar-refractivity contribution in [1.82, 2.24) is 25.1 Å². The van der Waals surface area contributed by atoms with Gasteiger partial charge in [-0.3, -0.25) is 4.98 Å². The van der Waals surface area contributed by atoms with Gasteiger partial charge in [0, 0.05) is 28.7 Å². The molecule has 0 radical (unpaired) electrons. The number of benzene rings is 3. The van der Waals surface area contributed by atoms with Crippen molar-refractivity contribution in [3.8, 4) is 34.5 Å². The van der Waals surface area contributed by atoms with Gasteiger partial charge >= 0.3 is 0 Å². The molecule has 192 valence electrons. The number of nitrogens with zero attached hydrogens (tertiary/aromatic N) is 5. The van der Waals surface area contributed by atoms with Crippen molar-refractivity contribution in [2.75, 3.05) is 19.5 Å². The first-order valence-electron chi connectivity index (χ1n) is 12.2. The molecule has 39 heavy (non-hydrogen) atoms. The molecule has 0 spiro atoms. The van der Waals surface area contributed by atoms with E-state index in [1.54, 1.807) is 32.5 Å². The Morgan fingerprint density at radius 3 is 2.26 bits per heavy atom. The number of fused-ring (bicyclic) bond motifs is 2. The molecule has 9 nitrogen and oxygen atoms in total. The highest BCUT2D eigenvalue weighted by atomic mass is 16.5. The molecule has 3 aromatic carbocycles. The van der Waals surface area contributed by atoms with Gasteiger partial charge in [0.15, 0.2) is 17.3 Å². The first-order chi connectivity index (χ1) is 19.1. The fourth-order valence-electron chi connectivity index (χ4n) is 4.35. The van der Waals surface area contributed by atoms with Gasteiger partial charge in [-0.15, -0.1) is 10.2 Å². The molecule has 0 unspecified atom stereocenters. The molecular weight excluding hydrogens is 492 g/mol. The van der Waals surface area contributed by atoms with Gasteiger partial charge in [0.2, 0.25) is 5.88 Å². The molecule has 6 aromatic rings. The second-order valence-electron chi connectivity index (χ2n) is 8.82. The van der Waals surface area contributed by atoms with E-state index < -0.39 is 0 Å². The highest BCUT2D eigenvalue weighted by Crippen LogP contribution is 2.36. The van der Waals surface area contributed by atoms with Gasteiger partial charge in [-0.05, 0) is 55.0 Å². The summed E-state index contributed by atoms with van der Waals surface area (Å²) in [5.41, 5.74) is 4.17. The number of hydrogen-bond donors (Lipinski definition) is 1. The van der Waals surface area contributed by atoms with Gasteiger partial charge in [-0.25, -0.2) is 9.97 Å². The average molecular weight is 517 g/mol. The maximum atomic E-state index is 6.10. The standard InChI is InChI=1S/C30H24N6O3/c1-18-12-13-31-25(14-18)28-21-6-4-5-7-22(21)29(36-35-28)34-19-8-10-20(11-9-19)39-30-23-15-26(37-2)27(38-3)16-24(23)32-17-33-30/h4-17H,1-3H3,(H,34,36). The van der Waals surface area contributed by atoms with Crippen LogP contribution in [0.1, 0.15) is 5.56 Å². The van der Waals surface area contributed by atoms with E-state index in [9.17, 15) is 0 Å². The molecule has 0 amide bonds. The summed E-state index contributed by atoms with van der Waals surface area (Å²) in [6.45, 7) is 2.03. The van der Waals surface area contributed by atoms with Crippen LogP contribution in [0.5, 0.6) is 23.1 Å². The van der Waals surface area contributed by atoms with Crippen LogP contribution in [0.25, 0.3) is 33.1 Å². The van der Waals surface area contributed by atoms with Crippen molar-refractivity contribution in [3.63, 3.8) is 0 Å². The molecule has 0 bridgehead atoms. The van der Waals surface area contributed by atoms with Crippen molar-refractivity contribution < 1.29 is 14.2 Å². The quantitative estimate of drug-likeness (QED) is 0.255. The molecule has 0 atom stereocenters. The van der Waals surface area contributed by atoms with Crippen LogP contribution in [0.15, 0.2) is 85.3 Å². The normalized spacial score (nSPS) is 10.9. The molecule has 3 aromatic heterocycles. The van der Waals surface area contributed by atoms with E-state index in [0.717, 1.165) is 33.4 Å². The SMILES string of the molecule is COc1cc2ncnc(Oc3ccc(Nc4nnc(-c5cc(C)ccn5)c5ccccc45)cc3)c2cc1OC. The summed E-state index contributed by atoms with van der Waals surface area (Å²) in [5, 5.41) is 15.0. The largest absolute Gasteiger partial charge is 0.493 e. The Bertz CT molecular complexity index is 1810. The van der Waals surface area contributed by atoms with E-state index in [0.29, 0.717) is 39.8 Å². The molecule has 0 aliphatic carbocycles. The van der Waals surface area contributed by atoms with Crippen LogP contribution in [0.3, 0.4) is 0 Å². The summed E-state index contributed by atoms with van der Waals surface area (Å²) in [6, 6.07) is 23.1. The Kier molecular flexibility index (Phi) is 6.30. The van der Waals surface area contributed by atoms with Crippen LogP contribution >= 0.6 is 0 Å². The lowest BCUT2D eigenvalue weighted by molar-refractivity contribution is 0.355. The first-order valence-corrected chi connectivity index (χ1v) is 12.2. The van der Waals surface area contributed by atoms with Crippen molar-refractivity contribution in [2.45, 2.75) is 6.92 Å². The Morgan fingerprint density at radius 1 is 0.718 bits per heavy atom. The lowest BCUT2D eigenvalue weighted by Crippen LogP contribution is -2.00. The van der Waals surface area contributed by atoms with E-state index in [1.807, 2.05) is 67.6 Å². The van der Waals surface area contributed by atoms with Crippen LogP contribution in [0.4, 0.5) is 11.5 Å². The number of pyridine rings is 1. The topological polar surface area (TPSA) is 104 Å². The van der Waals surface area contributed by atoms with Crippen molar-refractivity contribution in [3.05, 3.63) is 90.9 Å². The van der Waals surface area contributed by atoms with E-state index >= 15 is 0 Å². The van der Waals surface area contributed by atoms with Gasteiger partial charge in [0.05, 0.1) is 30.8 Å². The van der Waals surface area contributed by atoms with E-state index in [-0.39, 0.29) is 0 Å². The summed E-state index contributed by atoms with van der Waals surface area (Å²) >= 11 is 0. The summed E-state index contributed by atoms with van der Waals surface area (Å²) in [7, 11) is 3.17. The summed E-state index contributed by atoms with van der Waals surface area (Å²) in [5.74, 6) is 2.84. The molecule has 9 heteroatoms. The van der Waals surface area contributed by atoms with Crippen molar-refractivity contribution in [1.29, 1.82) is 0 Å². The van der Waals surface area contributed by atoms with Gasteiger partial charge in [-0.1, -0.05) is 24.3 Å². The third-order valence-corrected chi connectivity index (χ3v) is 6.28. The Labute approximate surface area is 224 Å².